The molecule has 0 unspecified atom stereocenters. The Morgan fingerprint density at radius 1 is 1.54 bits per heavy atom. The fourth-order valence-corrected chi connectivity index (χ4v) is 2.43. The first-order valence-electron chi connectivity index (χ1n) is 5.14. The number of carbonyl (C=O) groups is 1. The Balaban J connectivity index is 2.05. The topological polar surface area (TPSA) is 40.5 Å². The lowest BCUT2D eigenvalue weighted by atomic mass is 9.88. The van der Waals surface area contributed by atoms with Crippen molar-refractivity contribution in [2.75, 3.05) is 13.1 Å². The molecule has 1 heterocycles. The Morgan fingerprint density at radius 2 is 2.23 bits per heavy atom. The third-order valence-corrected chi connectivity index (χ3v) is 3.64. The molecule has 1 spiro atoms. The van der Waals surface area contributed by atoms with Gasteiger partial charge in [-0.2, -0.15) is 0 Å². The number of hydrogen-bond donors (Lipinski definition) is 1. The van der Waals surface area contributed by atoms with Crippen LogP contribution in [0.3, 0.4) is 0 Å². The molecule has 1 N–H and O–H groups in total. The van der Waals surface area contributed by atoms with Crippen LogP contribution in [0.25, 0.3) is 0 Å². The number of likely N-dealkylation sites (tertiary alicyclic amines) is 1. The molecule has 0 aromatic heterocycles. The van der Waals surface area contributed by atoms with E-state index in [9.17, 15) is 4.79 Å². The van der Waals surface area contributed by atoms with Gasteiger partial charge in [0.15, 0.2) is 0 Å². The number of aliphatic carboxylic acids is 1. The summed E-state index contributed by atoms with van der Waals surface area (Å²) in [7, 11) is 0. The highest BCUT2D eigenvalue weighted by atomic mass is 16.4. The minimum absolute atomic E-state index is 0.207. The largest absolute Gasteiger partial charge is 0.480 e. The first kappa shape index (κ1) is 9.00. The Bertz CT molecular complexity index is 223. The SMILES string of the molecule is CCN1CCC2(CC2)C[C@H]1C(=O)O. The summed E-state index contributed by atoms with van der Waals surface area (Å²) in [6.45, 7) is 3.89. The fourth-order valence-electron chi connectivity index (χ4n) is 2.43. The Kier molecular flexibility index (Phi) is 2.06. The van der Waals surface area contributed by atoms with Crippen molar-refractivity contribution < 1.29 is 9.90 Å². The number of carboxylic acid groups (broad SMARTS) is 1. The molecule has 0 aromatic rings. The van der Waals surface area contributed by atoms with Gasteiger partial charge in [0.1, 0.15) is 6.04 Å². The van der Waals surface area contributed by atoms with E-state index < -0.39 is 5.97 Å². The van der Waals surface area contributed by atoms with E-state index in [-0.39, 0.29) is 6.04 Å². The zero-order valence-electron chi connectivity index (χ0n) is 8.12. The minimum Gasteiger partial charge on any atom is -0.480 e. The minimum atomic E-state index is -0.632. The molecule has 1 aliphatic carbocycles. The molecule has 1 atom stereocenters. The van der Waals surface area contributed by atoms with E-state index in [0.29, 0.717) is 5.41 Å². The molecule has 3 heteroatoms. The number of nitrogens with zero attached hydrogens (tertiary/aromatic N) is 1. The fraction of sp³-hybridized carbons (Fsp3) is 0.900. The van der Waals surface area contributed by atoms with Gasteiger partial charge in [0.2, 0.25) is 0 Å². The average molecular weight is 183 g/mol. The van der Waals surface area contributed by atoms with E-state index in [2.05, 4.69) is 4.90 Å². The van der Waals surface area contributed by atoms with Gasteiger partial charge in [-0.3, -0.25) is 9.69 Å². The molecular formula is C10H17NO2. The van der Waals surface area contributed by atoms with Crippen LogP contribution in [0.2, 0.25) is 0 Å². The molecule has 0 amide bonds. The van der Waals surface area contributed by atoms with Crippen LogP contribution in [0.15, 0.2) is 0 Å². The second-order valence-electron chi connectivity index (χ2n) is 4.44. The second kappa shape index (κ2) is 2.98. The first-order valence-corrected chi connectivity index (χ1v) is 5.14. The predicted octanol–water partition coefficient (Wildman–Crippen LogP) is 1.34. The van der Waals surface area contributed by atoms with Crippen molar-refractivity contribution >= 4 is 5.97 Å². The van der Waals surface area contributed by atoms with Gasteiger partial charge in [-0.25, -0.2) is 0 Å². The summed E-state index contributed by atoms with van der Waals surface area (Å²) < 4.78 is 0. The van der Waals surface area contributed by atoms with Crippen molar-refractivity contribution in [3.63, 3.8) is 0 Å². The zero-order chi connectivity index (χ0) is 9.47. The van der Waals surface area contributed by atoms with Crippen molar-refractivity contribution in [1.82, 2.24) is 4.90 Å². The molecule has 0 bridgehead atoms. The lowest BCUT2D eigenvalue weighted by molar-refractivity contribution is -0.145. The van der Waals surface area contributed by atoms with Gasteiger partial charge >= 0.3 is 5.97 Å². The molecule has 74 valence electrons. The molecule has 2 rings (SSSR count). The number of likely N-dealkylation sites (N-methyl/N-ethyl adjacent to an activating group) is 1. The highest BCUT2D eigenvalue weighted by Gasteiger charge is 2.49. The van der Waals surface area contributed by atoms with E-state index in [1.54, 1.807) is 0 Å². The molecule has 13 heavy (non-hydrogen) atoms. The summed E-state index contributed by atoms with van der Waals surface area (Å²) in [6.07, 6.45) is 4.61. The molecule has 0 radical (unpaired) electrons. The quantitative estimate of drug-likeness (QED) is 0.702. The molecule has 2 aliphatic rings. The highest BCUT2D eigenvalue weighted by molar-refractivity contribution is 5.73. The van der Waals surface area contributed by atoms with Gasteiger partial charge in [-0.05, 0) is 44.2 Å². The summed E-state index contributed by atoms with van der Waals surface area (Å²) in [5.74, 6) is -0.632. The maximum atomic E-state index is 11.0. The van der Waals surface area contributed by atoms with Crippen molar-refractivity contribution in [2.45, 2.75) is 38.6 Å². The molecular weight excluding hydrogens is 166 g/mol. The van der Waals surface area contributed by atoms with Crippen LogP contribution >= 0.6 is 0 Å². The smallest absolute Gasteiger partial charge is 0.320 e. The lowest BCUT2D eigenvalue weighted by Crippen LogP contribution is -2.47. The van der Waals surface area contributed by atoms with Crippen LogP contribution < -0.4 is 0 Å². The third-order valence-electron chi connectivity index (χ3n) is 3.64. The van der Waals surface area contributed by atoms with Gasteiger partial charge in [0, 0.05) is 0 Å². The van der Waals surface area contributed by atoms with Crippen LogP contribution in [0.1, 0.15) is 32.6 Å². The molecule has 1 aliphatic heterocycles. The number of piperidine rings is 1. The molecule has 2 fully saturated rings. The summed E-state index contributed by atoms with van der Waals surface area (Å²) in [6, 6.07) is -0.207. The normalized spacial score (nSPS) is 31.9. The summed E-state index contributed by atoms with van der Waals surface area (Å²) in [5, 5.41) is 9.06. The molecule has 0 aromatic carbocycles. The lowest BCUT2D eigenvalue weighted by Gasteiger charge is -2.36. The van der Waals surface area contributed by atoms with Gasteiger partial charge in [-0.15, -0.1) is 0 Å². The second-order valence-corrected chi connectivity index (χ2v) is 4.44. The summed E-state index contributed by atoms with van der Waals surface area (Å²) in [4.78, 5) is 13.1. The number of rotatable bonds is 2. The van der Waals surface area contributed by atoms with Crippen LogP contribution in [0, 0.1) is 5.41 Å². The standard InChI is InChI=1S/C10H17NO2/c1-2-11-6-5-10(3-4-10)7-8(11)9(12)13/h8H,2-7H2,1H3,(H,12,13)/t8-/m0/s1. The molecule has 3 nitrogen and oxygen atoms in total. The van der Waals surface area contributed by atoms with Crippen LogP contribution in [-0.2, 0) is 4.79 Å². The Hall–Kier alpha value is -0.570. The maximum absolute atomic E-state index is 11.0. The van der Waals surface area contributed by atoms with Crippen molar-refractivity contribution in [3.8, 4) is 0 Å². The predicted molar refractivity (Wildman–Crippen MR) is 49.6 cm³/mol. The first-order chi connectivity index (χ1) is 6.17. The average Bonchev–Trinajstić information content (AvgIpc) is 2.85. The highest BCUT2D eigenvalue weighted by Crippen LogP contribution is 2.55. The van der Waals surface area contributed by atoms with Crippen molar-refractivity contribution in [2.24, 2.45) is 5.41 Å². The van der Waals surface area contributed by atoms with E-state index in [1.807, 2.05) is 6.92 Å². The van der Waals surface area contributed by atoms with Gasteiger partial charge in [-0.1, -0.05) is 6.92 Å². The van der Waals surface area contributed by atoms with Crippen LogP contribution in [0.5, 0.6) is 0 Å². The van der Waals surface area contributed by atoms with Gasteiger partial charge in [0.25, 0.3) is 0 Å². The summed E-state index contributed by atoms with van der Waals surface area (Å²) >= 11 is 0. The van der Waals surface area contributed by atoms with Gasteiger partial charge in [0.05, 0.1) is 0 Å². The van der Waals surface area contributed by atoms with E-state index in [4.69, 9.17) is 5.11 Å². The monoisotopic (exact) mass is 183 g/mol. The molecule has 1 saturated carbocycles. The van der Waals surface area contributed by atoms with Crippen molar-refractivity contribution in [1.29, 1.82) is 0 Å². The Morgan fingerprint density at radius 3 is 2.69 bits per heavy atom. The third kappa shape index (κ3) is 1.57. The van der Waals surface area contributed by atoms with E-state index in [0.717, 1.165) is 19.5 Å². The van der Waals surface area contributed by atoms with Crippen LogP contribution in [-0.4, -0.2) is 35.1 Å². The van der Waals surface area contributed by atoms with E-state index in [1.165, 1.54) is 19.3 Å². The zero-order valence-corrected chi connectivity index (χ0v) is 8.12. The Labute approximate surface area is 78.7 Å². The number of carboxylic acids is 1. The van der Waals surface area contributed by atoms with Gasteiger partial charge < -0.3 is 5.11 Å². The molecule has 1 saturated heterocycles. The maximum Gasteiger partial charge on any atom is 0.320 e. The number of hydrogen-bond acceptors (Lipinski definition) is 2. The van der Waals surface area contributed by atoms with Crippen molar-refractivity contribution in [3.05, 3.63) is 0 Å². The summed E-state index contributed by atoms with van der Waals surface area (Å²) in [5.41, 5.74) is 0.439. The van der Waals surface area contributed by atoms with E-state index >= 15 is 0 Å². The van der Waals surface area contributed by atoms with Crippen LogP contribution in [0.4, 0.5) is 0 Å².